The zero-order chi connectivity index (χ0) is 14.7. The number of nitrogens with two attached hydrogens (primary N) is 1. The van der Waals surface area contributed by atoms with E-state index in [1.165, 1.54) is 12.1 Å². The Morgan fingerprint density at radius 3 is 2.65 bits per heavy atom. The van der Waals surface area contributed by atoms with Gasteiger partial charge in [0.1, 0.15) is 18.2 Å². The molecule has 0 radical (unpaired) electrons. The Hall–Kier alpha value is -1.39. The quantitative estimate of drug-likeness (QED) is 0.891. The first kappa shape index (κ1) is 15.0. The van der Waals surface area contributed by atoms with Crippen LogP contribution in [0, 0.1) is 12.7 Å². The van der Waals surface area contributed by atoms with Gasteiger partial charge in [-0.2, -0.15) is 0 Å². The van der Waals surface area contributed by atoms with Crippen molar-refractivity contribution < 1.29 is 9.13 Å². The third-order valence-corrected chi connectivity index (χ3v) is 3.43. The lowest BCUT2D eigenvalue weighted by atomic mass is 10.1. The smallest absolute Gasteiger partial charge is 0.124 e. The normalized spacial score (nSPS) is 12.2. The molecule has 0 aliphatic heterocycles. The van der Waals surface area contributed by atoms with Crippen molar-refractivity contribution in [1.82, 2.24) is 0 Å². The average Bonchev–Trinajstić information content (AvgIpc) is 2.36. The van der Waals surface area contributed by atoms with Crippen LogP contribution in [0.2, 0.25) is 0 Å². The number of rotatable bonds is 4. The maximum atomic E-state index is 13.3. The van der Waals surface area contributed by atoms with Crippen LogP contribution in [0.3, 0.4) is 0 Å². The molecule has 2 aromatic rings. The third kappa shape index (κ3) is 3.81. The molecule has 0 heterocycles. The molecule has 4 heteroatoms. The number of ether oxygens (including phenoxy) is 1. The van der Waals surface area contributed by atoms with Gasteiger partial charge >= 0.3 is 0 Å². The molecule has 0 saturated carbocycles. The largest absolute Gasteiger partial charge is 0.489 e. The van der Waals surface area contributed by atoms with Crippen LogP contribution in [0.4, 0.5) is 4.39 Å². The fraction of sp³-hybridized carbons (Fsp3) is 0.250. The lowest BCUT2D eigenvalue weighted by Gasteiger charge is -2.15. The van der Waals surface area contributed by atoms with Crippen molar-refractivity contribution >= 4 is 15.9 Å². The van der Waals surface area contributed by atoms with E-state index in [0.29, 0.717) is 11.1 Å². The molecule has 0 bridgehead atoms. The van der Waals surface area contributed by atoms with Crippen molar-refractivity contribution in [3.63, 3.8) is 0 Å². The first-order chi connectivity index (χ1) is 9.45. The number of halogens is 2. The average molecular weight is 338 g/mol. The Bertz CT molecular complexity index is 593. The van der Waals surface area contributed by atoms with Gasteiger partial charge in [0.2, 0.25) is 0 Å². The molecule has 2 nitrogen and oxygen atoms in total. The van der Waals surface area contributed by atoms with E-state index in [-0.39, 0.29) is 11.9 Å². The molecule has 0 fully saturated rings. The van der Waals surface area contributed by atoms with E-state index in [0.717, 1.165) is 22.4 Å². The van der Waals surface area contributed by atoms with E-state index in [4.69, 9.17) is 10.5 Å². The van der Waals surface area contributed by atoms with Crippen molar-refractivity contribution in [3.05, 3.63) is 63.4 Å². The van der Waals surface area contributed by atoms with Gasteiger partial charge in [-0.25, -0.2) is 4.39 Å². The van der Waals surface area contributed by atoms with Crippen molar-refractivity contribution in [3.8, 4) is 5.75 Å². The van der Waals surface area contributed by atoms with E-state index in [9.17, 15) is 4.39 Å². The van der Waals surface area contributed by atoms with Gasteiger partial charge in [-0.05, 0) is 43.7 Å². The van der Waals surface area contributed by atoms with Gasteiger partial charge in [-0.15, -0.1) is 0 Å². The summed E-state index contributed by atoms with van der Waals surface area (Å²) >= 11 is 3.27. The molecule has 2 rings (SSSR count). The number of hydrogen-bond donors (Lipinski definition) is 1. The summed E-state index contributed by atoms with van der Waals surface area (Å²) < 4.78 is 19.8. The zero-order valence-corrected chi connectivity index (χ0v) is 13.1. The van der Waals surface area contributed by atoms with Gasteiger partial charge in [0.05, 0.1) is 0 Å². The maximum Gasteiger partial charge on any atom is 0.124 e. The summed E-state index contributed by atoms with van der Waals surface area (Å²) in [5.74, 6) is 0.459. The predicted molar refractivity (Wildman–Crippen MR) is 82.2 cm³/mol. The van der Waals surface area contributed by atoms with Crippen LogP contribution >= 0.6 is 15.9 Å². The van der Waals surface area contributed by atoms with E-state index in [2.05, 4.69) is 15.9 Å². The summed E-state index contributed by atoms with van der Waals surface area (Å²) in [6, 6.07) is 10.5. The molecular weight excluding hydrogens is 321 g/mol. The summed E-state index contributed by atoms with van der Waals surface area (Å²) in [5, 5.41) is 0. The molecule has 0 saturated heterocycles. The molecule has 2 aromatic carbocycles. The van der Waals surface area contributed by atoms with Crippen molar-refractivity contribution in [1.29, 1.82) is 0 Å². The highest BCUT2D eigenvalue weighted by molar-refractivity contribution is 9.10. The first-order valence-corrected chi connectivity index (χ1v) is 7.19. The van der Waals surface area contributed by atoms with Gasteiger partial charge in [-0.1, -0.05) is 33.6 Å². The van der Waals surface area contributed by atoms with E-state index in [1.54, 1.807) is 0 Å². The lowest BCUT2D eigenvalue weighted by Crippen LogP contribution is -2.08. The number of benzene rings is 2. The first-order valence-electron chi connectivity index (χ1n) is 6.39. The minimum absolute atomic E-state index is 0.107. The van der Waals surface area contributed by atoms with Crippen LogP contribution in [0.5, 0.6) is 5.75 Å². The highest BCUT2D eigenvalue weighted by Gasteiger charge is 2.09. The van der Waals surface area contributed by atoms with Gasteiger partial charge in [-0.3, -0.25) is 0 Å². The van der Waals surface area contributed by atoms with Crippen LogP contribution in [0.25, 0.3) is 0 Å². The Balaban J connectivity index is 2.18. The standard InChI is InChI=1S/C16H17BrFNO/c1-10-3-4-16(15(5-10)11(2)19)20-9-12-6-13(17)8-14(18)7-12/h3-8,11H,9,19H2,1-2H3/t11-/m0/s1. The second-order valence-electron chi connectivity index (χ2n) is 4.90. The fourth-order valence-corrected chi connectivity index (χ4v) is 2.52. The van der Waals surface area contributed by atoms with Crippen LogP contribution in [-0.2, 0) is 6.61 Å². The molecule has 1 atom stereocenters. The minimum Gasteiger partial charge on any atom is -0.489 e. The van der Waals surface area contributed by atoms with Crippen molar-refractivity contribution in [2.75, 3.05) is 0 Å². The molecular formula is C16H17BrFNO. The van der Waals surface area contributed by atoms with Gasteiger partial charge in [0.15, 0.2) is 0 Å². The minimum atomic E-state index is -0.283. The number of hydrogen-bond acceptors (Lipinski definition) is 2. The highest BCUT2D eigenvalue weighted by atomic mass is 79.9. The molecule has 0 amide bonds. The van der Waals surface area contributed by atoms with Gasteiger partial charge in [0, 0.05) is 16.1 Å². The van der Waals surface area contributed by atoms with Gasteiger partial charge in [0.25, 0.3) is 0 Å². The third-order valence-electron chi connectivity index (χ3n) is 2.97. The Morgan fingerprint density at radius 1 is 1.25 bits per heavy atom. The molecule has 2 N–H and O–H groups in total. The van der Waals surface area contributed by atoms with Crippen LogP contribution in [0.15, 0.2) is 40.9 Å². The zero-order valence-electron chi connectivity index (χ0n) is 11.5. The molecule has 0 spiro atoms. The molecule has 0 aliphatic carbocycles. The van der Waals surface area contributed by atoms with E-state index < -0.39 is 0 Å². The Labute approximate surface area is 126 Å². The Morgan fingerprint density at radius 2 is 2.00 bits per heavy atom. The number of aryl methyl sites for hydroxylation is 1. The predicted octanol–water partition coefficient (Wildman–Crippen LogP) is 4.50. The Kier molecular flexibility index (Phi) is 4.78. The van der Waals surface area contributed by atoms with Crippen LogP contribution < -0.4 is 10.5 Å². The topological polar surface area (TPSA) is 35.2 Å². The van der Waals surface area contributed by atoms with Crippen molar-refractivity contribution in [2.45, 2.75) is 26.5 Å². The van der Waals surface area contributed by atoms with Crippen LogP contribution in [-0.4, -0.2) is 0 Å². The molecule has 20 heavy (non-hydrogen) atoms. The summed E-state index contributed by atoms with van der Waals surface area (Å²) in [7, 11) is 0. The summed E-state index contributed by atoms with van der Waals surface area (Å²) in [6.45, 7) is 4.24. The van der Waals surface area contributed by atoms with E-state index in [1.807, 2.05) is 38.1 Å². The second-order valence-corrected chi connectivity index (χ2v) is 5.81. The van der Waals surface area contributed by atoms with E-state index >= 15 is 0 Å². The molecule has 0 aromatic heterocycles. The van der Waals surface area contributed by atoms with Crippen LogP contribution in [0.1, 0.15) is 29.7 Å². The second kappa shape index (κ2) is 6.37. The maximum absolute atomic E-state index is 13.3. The molecule has 0 unspecified atom stereocenters. The lowest BCUT2D eigenvalue weighted by molar-refractivity contribution is 0.300. The van der Waals surface area contributed by atoms with Gasteiger partial charge < -0.3 is 10.5 Å². The summed E-state index contributed by atoms with van der Waals surface area (Å²) in [4.78, 5) is 0. The monoisotopic (exact) mass is 337 g/mol. The highest BCUT2D eigenvalue weighted by Crippen LogP contribution is 2.26. The molecule has 0 aliphatic rings. The SMILES string of the molecule is Cc1ccc(OCc2cc(F)cc(Br)c2)c([C@H](C)N)c1. The summed E-state index contributed by atoms with van der Waals surface area (Å²) in [5.41, 5.74) is 8.82. The summed E-state index contributed by atoms with van der Waals surface area (Å²) in [6.07, 6.45) is 0. The molecule has 106 valence electrons. The van der Waals surface area contributed by atoms with Crippen molar-refractivity contribution in [2.24, 2.45) is 5.73 Å². The fourth-order valence-electron chi connectivity index (χ4n) is 2.01.